The van der Waals surface area contributed by atoms with Crippen LogP contribution in [0.1, 0.15) is 66.1 Å². The molecule has 41 heavy (non-hydrogen) atoms. The lowest BCUT2D eigenvalue weighted by molar-refractivity contribution is -0.192. The Balaban J connectivity index is 1.07. The third-order valence-corrected chi connectivity index (χ3v) is 9.30. The highest BCUT2D eigenvalue weighted by molar-refractivity contribution is 6.27. The Kier molecular flexibility index (Phi) is 6.01. The van der Waals surface area contributed by atoms with Crippen molar-refractivity contribution in [3.8, 4) is 0 Å². The lowest BCUT2D eigenvalue weighted by atomic mass is 9.97. The van der Waals surface area contributed by atoms with Crippen LogP contribution in [0.3, 0.4) is 0 Å². The first-order chi connectivity index (χ1) is 19.6. The predicted octanol–water partition coefficient (Wildman–Crippen LogP) is 4.37. The van der Waals surface area contributed by atoms with Crippen molar-refractivity contribution in [3.63, 3.8) is 0 Å². The number of likely N-dealkylation sites (tertiary alicyclic amines) is 1. The Hall–Kier alpha value is -3.73. The van der Waals surface area contributed by atoms with Gasteiger partial charge in [0.25, 0.3) is 5.91 Å². The van der Waals surface area contributed by atoms with E-state index in [-0.39, 0.29) is 50.1 Å². The van der Waals surface area contributed by atoms with Gasteiger partial charge < -0.3 is 4.90 Å². The summed E-state index contributed by atoms with van der Waals surface area (Å²) in [7, 11) is 0. The van der Waals surface area contributed by atoms with Crippen LogP contribution < -0.4 is 10.2 Å². The summed E-state index contributed by atoms with van der Waals surface area (Å²) in [6.07, 6.45) is 2.78. The van der Waals surface area contributed by atoms with Gasteiger partial charge >= 0.3 is 6.18 Å². The number of halogens is 3. The number of alkyl halides is 3. The Labute approximate surface area is 234 Å². The molecular formula is C30H30F3N5O3. The molecule has 2 saturated heterocycles. The summed E-state index contributed by atoms with van der Waals surface area (Å²) >= 11 is 0. The van der Waals surface area contributed by atoms with E-state index in [0.29, 0.717) is 30.8 Å². The van der Waals surface area contributed by atoms with Crippen molar-refractivity contribution in [1.82, 2.24) is 20.0 Å². The number of imide groups is 1. The van der Waals surface area contributed by atoms with E-state index in [9.17, 15) is 27.6 Å². The van der Waals surface area contributed by atoms with Crippen LogP contribution in [0.5, 0.6) is 0 Å². The first-order valence-corrected chi connectivity index (χ1v) is 14.2. The Morgan fingerprint density at radius 3 is 2.51 bits per heavy atom. The van der Waals surface area contributed by atoms with Gasteiger partial charge in [-0.1, -0.05) is 18.2 Å². The fourth-order valence-corrected chi connectivity index (χ4v) is 6.80. The number of hydrogen-bond acceptors (Lipinski definition) is 5. The molecule has 1 N–H and O–H groups in total. The van der Waals surface area contributed by atoms with Crippen molar-refractivity contribution >= 4 is 34.2 Å². The first kappa shape index (κ1) is 26.2. The van der Waals surface area contributed by atoms with Crippen LogP contribution >= 0.6 is 0 Å². The average Bonchev–Trinajstić information content (AvgIpc) is 3.50. The van der Waals surface area contributed by atoms with Gasteiger partial charge in [-0.3, -0.25) is 29.3 Å². The second kappa shape index (κ2) is 9.40. The molecule has 1 aromatic heterocycles. The number of anilines is 1. The van der Waals surface area contributed by atoms with Gasteiger partial charge in [-0.25, -0.2) is 0 Å². The molecule has 1 unspecified atom stereocenters. The Bertz CT molecular complexity index is 1570. The minimum absolute atomic E-state index is 0.0993. The van der Waals surface area contributed by atoms with Crippen LogP contribution in [-0.4, -0.2) is 64.3 Å². The summed E-state index contributed by atoms with van der Waals surface area (Å²) < 4.78 is 42.1. The minimum atomic E-state index is -4.13. The molecule has 3 aromatic rings. The van der Waals surface area contributed by atoms with Gasteiger partial charge in [-0.15, -0.1) is 0 Å². The molecule has 0 bridgehead atoms. The van der Waals surface area contributed by atoms with E-state index in [2.05, 4.69) is 10.4 Å². The quantitative estimate of drug-likeness (QED) is 0.449. The van der Waals surface area contributed by atoms with Gasteiger partial charge in [0.05, 0.1) is 23.3 Å². The number of amides is 3. The molecule has 11 heteroatoms. The van der Waals surface area contributed by atoms with Gasteiger partial charge in [0.2, 0.25) is 11.8 Å². The molecule has 3 amide bonds. The third-order valence-electron chi connectivity index (χ3n) is 9.30. The number of benzene rings is 2. The van der Waals surface area contributed by atoms with Crippen LogP contribution in [0.25, 0.3) is 10.8 Å². The maximum Gasteiger partial charge on any atom is 0.395 e. The summed E-state index contributed by atoms with van der Waals surface area (Å²) in [5, 5.41) is 8.69. The van der Waals surface area contributed by atoms with Crippen LogP contribution in [0, 0.1) is 5.41 Å². The SMILES string of the molecule is O=C1CCC(N2C(=O)c3cccc4c(Cc5cnn(C6CCN(CC7(C(F)(F)F)CC7)CC6)c5)ccc2c34)C(=O)N1. The fraction of sp³-hybridized carbons (Fsp3) is 0.467. The largest absolute Gasteiger partial charge is 0.395 e. The van der Waals surface area contributed by atoms with E-state index < -0.39 is 23.5 Å². The normalized spacial score (nSPS) is 23.0. The molecule has 1 aliphatic carbocycles. The molecule has 0 spiro atoms. The van der Waals surface area contributed by atoms with Gasteiger partial charge in [0, 0.05) is 49.6 Å². The number of hydrogen-bond donors (Lipinski definition) is 1. The summed E-state index contributed by atoms with van der Waals surface area (Å²) in [6.45, 7) is 1.36. The molecular weight excluding hydrogens is 535 g/mol. The number of piperidine rings is 2. The second-order valence-electron chi connectivity index (χ2n) is 11.9. The number of nitrogens with one attached hydrogen (secondary N) is 1. The van der Waals surface area contributed by atoms with Crippen LogP contribution in [0.2, 0.25) is 0 Å². The van der Waals surface area contributed by atoms with Gasteiger partial charge in [-0.05, 0) is 60.7 Å². The molecule has 0 radical (unpaired) electrons. The molecule has 214 valence electrons. The zero-order valence-corrected chi connectivity index (χ0v) is 22.4. The van der Waals surface area contributed by atoms with E-state index in [0.717, 1.165) is 34.7 Å². The topological polar surface area (TPSA) is 87.5 Å². The molecule has 4 aliphatic rings. The summed E-state index contributed by atoms with van der Waals surface area (Å²) in [5.74, 6) is -1.01. The minimum Gasteiger partial charge on any atom is -0.302 e. The molecule has 3 fully saturated rings. The summed E-state index contributed by atoms with van der Waals surface area (Å²) in [6, 6.07) is 8.87. The first-order valence-electron chi connectivity index (χ1n) is 14.2. The number of nitrogens with zero attached hydrogens (tertiary/aromatic N) is 4. The van der Waals surface area contributed by atoms with E-state index in [1.54, 1.807) is 6.07 Å². The zero-order chi connectivity index (χ0) is 28.5. The molecule has 3 aliphatic heterocycles. The molecule has 1 atom stereocenters. The highest BCUT2D eigenvalue weighted by Crippen LogP contribution is 2.58. The molecule has 1 saturated carbocycles. The van der Waals surface area contributed by atoms with E-state index >= 15 is 0 Å². The third kappa shape index (κ3) is 4.41. The van der Waals surface area contributed by atoms with Crippen LogP contribution in [0.4, 0.5) is 18.9 Å². The summed E-state index contributed by atoms with van der Waals surface area (Å²) in [5.41, 5.74) is 1.76. The van der Waals surface area contributed by atoms with Crippen molar-refractivity contribution in [3.05, 3.63) is 59.4 Å². The monoisotopic (exact) mass is 565 g/mol. The van der Waals surface area contributed by atoms with E-state index in [1.165, 1.54) is 4.90 Å². The van der Waals surface area contributed by atoms with Crippen molar-refractivity contribution in [2.75, 3.05) is 24.5 Å². The maximum atomic E-state index is 13.4. The van der Waals surface area contributed by atoms with Crippen molar-refractivity contribution in [2.24, 2.45) is 5.41 Å². The highest BCUT2D eigenvalue weighted by atomic mass is 19.4. The fourth-order valence-electron chi connectivity index (χ4n) is 6.80. The van der Waals surface area contributed by atoms with Crippen molar-refractivity contribution in [1.29, 1.82) is 0 Å². The Morgan fingerprint density at radius 1 is 1.02 bits per heavy atom. The highest BCUT2D eigenvalue weighted by Gasteiger charge is 2.63. The van der Waals surface area contributed by atoms with Gasteiger partial charge in [0.1, 0.15) is 6.04 Å². The standard InChI is InChI=1S/C30H30F3N5O3/c31-30(32,33)29(10-11-29)17-36-12-8-20(9-13-36)37-16-18(15-34-37)14-19-4-5-23-26-21(19)2-1-3-22(26)28(41)38(23)24-6-7-25(39)35-27(24)40/h1-5,15-16,20,24H,6-14,17H2,(H,35,39,40). The summed E-state index contributed by atoms with van der Waals surface area (Å²) in [4.78, 5) is 41.1. The van der Waals surface area contributed by atoms with Crippen LogP contribution in [0.15, 0.2) is 42.7 Å². The lowest BCUT2D eigenvalue weighted by Crippen LogP contribution is -2.53. The van der Waals surface area contributed by atoms with Gasteiger partial charge in [0.15, 0.2) is 0 Å². The zero-order valence-electron chi connectivity index (χ0n) is 22.4. The van der Waals surface area contributed by atoms with Crippen molar-refractivity contribution in [2.45, 2.75) is 63.2 Å². The number of carbonyl (C=O) groups excluding carboxylic acids is 3. The van der Waals surface area contributed by atoms with Crippen LogP contribution in [-0.2, 0) is 16.0 Å². The smallest absolute Gasteiger partial charge is 0.302 e. The lowest BCUT2D eigenvalue weighted by Gasteiger charge is -2.35. The Morgan fingerprint density at radius 2 is 1.80 bits per heavy atom. The maximum absolute atomic E-state index is 13.4. The number of aromatic nitrogens is 2. The average molecular weight is 566 g/mol. The van der Waals surface area contributed by atoms with E-state index in [4.69, 9.17) is 0 Å². The second-order valence-corrected chi connectivity index (χ2v) is 11.9. The van der Waals surface area contributed by atoms with Gasteiger partial charge in [-0.2, -0.15) is 18.3 Å². The van der Waals surface area contributed by atoms with E-state index in [1.807, 2.05) is 46.2 Å². The van der Waals surface area contributed by atoms with Crippen molar-refractivity contribution < 1.29 is 27.6 Å². The molecule has 4 heterocycles. The number of rotatable bonds is 6. The molecule has 7 rings (SSSR count). The molecule has 2 aromatic carbocycles. The predicted molar refractivity (Wildman–Crippen MR) is 144 cm³/mol. The number of carbonyl (C=O) groups is 3. The molecule has 8 nitrogen and oxygen atoms in total.